The number of hydrogen-bond donors (Lipinski definition) is 0. The fraction of sp³-hybridized carbons (Fsp3) is 0.381. The molecular formula is C21H24N2O2. The zero-order chi connectivity index (χ0) is 17.4. The molecule has 2 aliphatic rings. The monoisotopic (exact) mass is 336 g/mol. The largest absolute Gasteiger partial charge is 0.479 e. The van der Waals surface area contributed by atoms with Gasteiger partial charge in [0, 0.05) is 19.1 Å². The van der Waals surface area contributed by atoms with Crippen molar-refractivity contribution in [2.45, 2.75) is 31.9 Å². The van der Waals surface area contributed by atoms with E-state index in [2.05, 4.69) is 36.2 Å². The van der Waals surface area contributed by atoms with E-state index in [9.17, 15) is 4.79 Å². The molecule has 0 fully saturated rings. The maximum atomic E-state index is 12.6. The van der Waals surface area contributed by atoms with Crippen molar-refractivity contribution in [1.82, 2.24) is 4.90 Å². The number of ether oxygens (including phenoxy) is 1. The number of amides is 1. The number of carbonyl (C=O) groups excluding carboxylic acids is 1. The van der Waals surface area contributed by atoms with Crippen LogP contribution in [0.25, 0.3) is 0 Å². The average Bonchev–Trinajstić information content (AvgIpc) is 3.06. The number of fused-ring (bicyclic) bond motifs is 2. The van der Waals surface area contributed by atoms with Crippen LogP contribution in [0.3, 0.4) is 0 Å². The predicted octanol–water partition coefficient (Wildman–Crippen LogP) is 3.42. The normalized spacial score (nSPS) is 21.9. The highest BCUT2D eigenvalue weighted by molar-refractivity contribution is 5.99. The molecule has 4 nitrogen and oxygen atoms in total. The van der Waals surface area contributed by atoms with Crippen LogP contribution in [0.5, 0.6) is 5.75 Å². The van der Waals surface area contributed by atoms with Gasteiger partial charge in [-0.1, -0.05) is 36.4 Å². The Labute approximate surface area is 149 Å². The molecule has 25 heavy (non-hydrogen) atoms. The number of likely N-dealkylation sites (N-methyl/N-ethyl adjacent to an activating group) is 1. The van der Waals surface area contributed by atoms with Gasteiger partial charge in [-0.2, -0.15) is 0 Å². The summed E-state index contributed by atoms with van der Waals surface area (Å²) in [5.41, 5.74) is 3.78. The molecular weight excluding hydrogens is 312 g/mol. The third-order valence-corrected chi connectivity index (χ3v) is 5.38. The van der Waals surface area contributed by atoms with Crippen molar-refractivity contribution < 1.29 is 9.53 Å². The highest BCUT2D eigenvalue weighted by Crippen LogP contribution is 2.36. The van der Waals surface area contributed by atoms with Crippen LogP contribution >= 0.6 is 0 Å². The van der Waals surface area contributed by atoms with Crippen LogP contribution in [0, 0.1) is 0 Å². The number of anilines is 1. The first-order valence-corrected chi connectivity index (χ1v) is 9.00. The Morgan fingerprint density at radius 3 is 2.80 bits per heavy atom. The summed E-state index contributed by atoms with van der Waals surface area (Å²) in [7, 11) is 2.16. The number of benzene rings is 2. The SMILES string of the molecule is C[C@@H]1Oc2ccccc2N(CCN(C)[C@@H]2CCc3ccccc32)C1=O. The fourth-order valence-electron chi connectivity index (χ4n) is 4.00. The number of carbonyl (C=O) groups is 1. The van der Waals surface area contributed by atoms with Gasteiger partial charge in [0.2, 0.25) is 0 Å². The van der Waals surface area contributed by atoms with Crippen LogP contribution in [-0.4, -0.2) is 37.0 Å². The zero-order valence-electron chi connectivity index (χ0n) is 14.8. The van der Waals surface area contributed by atoms with Gasteiger partial charge in [-0.25, -0.2) is 0 Å². The minimum atomic E-state index is -0.424. The average molecular weight is 336 g/mol. The second-order valence-corrected chi connectivity index (χ2v) is 6.95. The second-order valence-electron chi connectivity index (χ2n) is 6.95. The van der Waals surface area contributed by atoms with Gasteiger partial charge < -0.3 is 9.64 Å². The van der Waals surface area contributed by atoms with Gasteiger partial charge in [0.05, 0.1) is 5.69 Å². The van der Waals surface area contributed by atoms with Crippen molar-refractivity contribution in [2.75, 3.05) is 25.0 Å². The maximum absolute atomic E-state index is 12.6. The van der Waals surface area contributed by atoms with Crippen molar-refractivity contribution in [3.63, 3.8) is 0 Å². The number of nitrogens with zero attached hydrogens (tertiary/aromatic N) is 2. The predicted molar refractivity (Wildman–Crippen MR) is 99.0 cm³/mol. The topological polar surface area (TPSA) is 32.8 Å². The molecule has 0 spiro atoms. The van der Waals surface area contributed by atoms with E-state index < -0.39 is 6.10 Å². The van der Waals surface area contributed by atoms with Gasteiger partial charge in [0.25, 0.3) is 5.91 Å². The first kappa shape index (κ1) is 16.2. The molecule has 2 atom stereocenters. The van der Waals surface area contributed by atoms with Crippen molar-refractivity contribution in [2.24, 2.45) is 0 Å². The molecule has 4 heteroatoms. The summed E-state index contributed by atoms with van der Waals surface area (Å²) in [6.07, 6.45) is 1.87. The molecule has 0 saturated heterocycles. The van der Waals surface area contributed by atoms with Gasteiger partial charge in [-0.15, -0.1) is 0 Å². The lowest BCUT2D eigenvalue weighted by Gasteiger charge is -2.35. The Morgan fingerprint density at radius 2 is 1.92 bits per heavy atom. The van der Waals surface area contributed by atoms with E-state index in [4.69, 9.17) is 4.74 Å². The van der Waals surface area contributed by atoms with Crippen molar-refractivity contribution >= 4 is 11.6 Å². The van der Waals surface area contributed by atoms with Crippen LogP contribution in [0.15, 0.2) is 48.5 Å². The second kappa shape index (κ2) is 6.52. The van der Waals surface area contributed by atoms with Crippen LogP contribution in [-0.2, 0) is 11.2 Å². The molecule has 4 rings (SSSR count). The Hall–Kier alpha value is -2.33. The smallest absolute Gasteiger partial charge is 0.267 e. The molecule has 0 saturated carbocycles. The summed E-state index contributed by atoms with van der Waals surface area (Å²) in [5, 5.41) is 0. The van der Waals surface area contributed by atoms with E-state index in [1.807, 2.05) is 36.1 Å². The van der Waals surface area contributed by atoms with E-state index in [1.54, 1.807) is 0 Å². The van der Waals surface area contributed by atoms with Gasteiger partial charge >= 0.3 is 0 Å². The molecule has 2 aromatic rings. The number of aryl methyl sites for hydroxylation is 1. The van der Waals surface area contributed by atoms with Crippen molar-refractivity contribution in [3.05, 3.63) is 59.7 Å². The molecule has 0 unspecified atom stereocenters. The van der Waals surface area contributed by atoms with E-state index in [1.165, 1.54) is 11.1 Å². The van der Waals surface area contributed by atoms with Gasteiger partial charge in [-0.05, 0) is 50.1 Å². The molecule has 0 radical (unpaired) electrons. The molecule has 1 amide bonds. The molecule has 0 aromatic heterocycles. The molecule has 0 N–H and O–H groups in total. The lowest BCUT2D eigenvalue weighted by molar-refractivity contribution is -0.125. The Balaban J connectivity index is 1.49. The number of rotatable bonds is 4. The highest BCUT2D eigenvalue weighted by atomic mass is 16.5. The zero-order valence-corrected chi connectivity index (χ0v) is 14.8. The van der Waals surface area contributed by atoms with E-state index >= 15 is 0 Å². The highest BCUT2D eigenvalue weighted by Gasteiger charge is 2.32. The Bertz CT molecular complexity index is 789. The molecule has 130 valence electrons. The fourth-order valence-corrected chi connectivity index (χ4v) is 4.00. The summed E-state index contributed by atoms with van der Waals surface area (Å²) in [5.74, 6) is 0.836. The third kappa shape index (κ3) is 2.91. The summed E-state index contributed by atoms with van der Waals surface area (Å²) in [4.78, 5) is 16.9. The van der Waals surface area contributed by atoms with Gasteiger partial charge in [-0.3, -0.25) is 9.69 Å². The lowest BCUT2D eigenvalue weighted by Crippen LogP contribution is -2.47. The molecule has 2 aromatic carbocycles. The minimum Gasteiger partial charge on any atom is -0.479 e. The molecule has 1 aliphatic heterocycles. The third-order valence-electron chi connectivity index (χ3n) is 5.38. The first-order chi connectivity index (χ1) is 12.1. The Morgan fingerprint density at radius 1 is 1.16 bits per heavy atom. The van der Waals surface area contributed by atoms with Crippen molar-refractivity contribution in [3.8, 4) is 5.75 Å². The van der Waals surface area contributed by atoms with Crippen molar-refractivity contribution in [1.29, 1.82) is 0 Å². The standard InChI is InChI=1S/C21H24N2O2/c1-15-21(24)23(19-9-5-6-10-20(19)25-15)14-13-22(2)18-12-11-16-7-3-4-8-17(16)18/h3-10,15,18H,11-14H2,1-2H3/t15-,18+/m0/s1. The van der Waals surface area contributed by atoms with E-state index in [0.717, 1.165) is 30.8 Å². The van der Waals surface area contributed by atoms with Gasteiger partial charge in [0.15, 0.2) is 6.10 Å². The molecule has 1 aliphatic carbocycles. The van der Waals surface area contributed by atoms with E-state index in [0.29, 0.717) is 12.6 Å². The van der Waals surface area contributed by atoms with Crippen LogP contribution < -0.4 is 9.64 Å². The number of hydrogen-bond acceptors (Lipinski definition) is 3. The van der Waals surface area contributed by atoms with E-state index in [-0.39, 0.29) is 5.91 Å². The summed E-state index contributed by atoms with van der Waals surface area (Å²) < 4.78 is 5.72. The van der Waals surface area contributed by atoms with Crippen LogP contribution in [0.2, 0.25) is 0 Å². The minimum absolute atomic E-state index is 0.0407. The molecule has 1 heterocycles. The summed E-state index contributed by atoms with van der Waals surface area (Å²) in [6, 6.07) is 16.9. The Kier molecular flexibility index (Phi) is 4.22. The quantitative estimate of drug-likeness (QED) is 0.858. The van der Waals surface area contributed by atoms with Crippen LogP contribution in [0.4, 0.5) is 5.69 Å². The van der Waals surface area contributed by atoms with Gasteiger partial charge in [0.1, 0.15) is 5.75 Å². The summed E-state index contributed by atoms with van der Waals surface area (Å²) >= 11 is 0. The van der Waals surface area contributed by atoms with Crippen LogP contribution in [0.1, 0.15) is 30.5 Å². The number of para-hydroxylation sites is 2. The summed E-state index contributed by atoms with van der Waals surface area (Å²) in [6.45, 7) is 3.34. The lowest BCUT2D eigenvalue weighted by atomic mass is 10.1. The first-order valence-electron chi connectivity index (χ1n) is 9.00. The molecule has 0 bridgehead atoms. The maximum Gasteiger partial charge on any atom is 0.267 e.